The lowest BCUT2D eigenvalue weighted by Crippen LogP contribution is -2.53. The maximum absolute atomic E-state index is 12.5. The SMILES string of the molecule is COC(=O)c1ccsc1N1CCC(NC(=O)C(C)(C)N)C1=O.Cl. The molecular formula is C14H20ClN3O4S. The number of hydrogen-bond acceptors (Lipinski definition) is 6. The summed E-state index contributed by atoms with van der Waals surface area (Å²) in [5.41, 5.74) is 5.02. The molecule has 1 atom stereocenters. The first-order chi connectivity index (χ1) is 10.3. The zero-order valence-corrected chi connectivity index (χ0v) is 14.8. The van der Waals surface area contributed by atoms with E-state index < -0.39 is 17.6 Å². The van der Waals surface area contributed by atoms with E-state index in [0.29, 0.717) is 23.5 Å². The first-order valence-electron chi connectivity index (χ1n) is 6.82. The summed E-state index contributed by atoms with van der Waals surface area (Å²) in [5.74, 6) is -1.11. The van der Waals surface area contributed by atoms with E-state index >= 15 is 0 Å². The van der Waals surface area contributed by atoms with E-state index in [4.69, 9.17) is 10.5 Å². The number of ether oxygens (including phenoxy) is 1. The molecule has 1 unspecified atom stereocenters. The van der Waals surface area contributed by atoms with Crippen LogP contribution < -0.4 is 16.0 Å². The highest BCUT2D eigenvalue weighted by Gasteiger charge is 2.37. The van der Waals surface area contributed by atoms with Crippen molar-refractivity contribution in [3.05, 3.63) is 17.0 Å². The van der Waals surface area contributed by atoms with E-state index in [-0.39, 0.29) is 24.2 Å². The molecule has 0 radical (unpaired) electrons. The van der Waals surface area contributed by atoms with Gasteiger partial charge in [-0.05, 0) is 31.7 Å². The van der Waals surface area contributed by atoms with Crippen LogP contribution in [0.15, 0.2) is 11.4 Å². The number of thiophene rings is 1. The molecular weight excluding hydrogens is 342 g/mol. The number of amides is 2. The summed E-state index contributed by atoms with van der Waals surface area (Å²) >= 11 is 1.29. The Morgan fingerprint density at radius 3 is 2.70 bits per heavy atom. The van der Waals surface area contributed by atoms with Crippen molar-refractivity contribution in [2.24, 2.45) is 5.73 Å². The lowest BCUT2D eigenvalue weighted by atomic mass is 10.1. The molecule has 1 aromatic rings. The predicted molar refractivity (Wildman–Crippen MR) is 90.1 cm³/mol. The largest absolute Gasteiger partial charge is 0.465 e. The van der Waals surface area contributed by atoms with Crippen molar-refractivity contribution in [1.82, 2.24) is 5.32 Å². The first kappa shape index (κ1) is 19.4. The number of carbonyl (C=O) groups excluding carboxylic acids is 3. The Labute approximate surface area is 144 Å². The number of nitrogens with one attached hydrogen (secondary N) is 1. The summed E-state index contributed by atoms with van der Waals surface area (Å²) in [5, 5.41) is 4.92. The molecule has 2 rings (SSSR count). The second-order valence-corrected chi connectivity index (χ2v) is 6.55. The zero-order valence-electron chi connectivity index (χ0n) is 13.1. The summed E-state index contributed by atoms with van der Waals surface area (Å²) in [7, 11) is 1.29. The third-order valence-electron chi connectivity index (χ3n) is 3.39. The topological polar surface area (TPSA) is 102 Å². The van der Waals surface area contributed by atoms with Crippen LogP contribution in [0.25, 0.3) is 0 Å². The molecule has 0 spiro atoms. The quantitative estimate of drug-likeness (QED) is 0.776. The number of carbonyl (C=O) groups is 3. The normalized spacial score (nSPS) is 17.7. The Balaban J connectivity index is 0.00000264. The summed E-state index contributed by atoms with van der Waals surface area (Å²) < 4.78 is 4.71. The second-order valence-electron chi connectivity index (χ2n) is 5.66. The summed E-state index contributed by atoms with van der Waals surface area (Å²) in [4.78, 5) is 37.6. The van der Waals surface area contributed by atoms with Gasteiger partial charge in [-0.1, -0.05) is 0 Å². The van der Waals surface area contributed by atoms with Gasteiger partial charge in [-0.3, -0.25) is 9.59 Å². The summed E-state index contributed by atoms with van der Waals surface area (Å²) in [6.45, 7) is 3.58. The Morgan fingerprint density at radius 2 is 2.13 bits per heavy atom. The van der Waals surface area contributed by atoms with E-state index in [1.165, 1.54) is 23.3 Å². The van der Waals surface area contributed by atoms with Gasteiger partial charge in [0.1, 0.15) is 11.0 Å². The van der Waals surface area contributed by atoms with Gasteiger partial charge in [-0.25, -0.2) is 4.79 Å². The van der Waals surface area contributed by atoms with Gasteiger partial charge in [0, 0.05) is 6.54 Å². The lowest BCUT2D eigenvalue weighted by molar-refractivity contribution is -0.129. The standard InChI is InChI=1S/C14H19N3O4S.ClH/c1-14(2,15)13(20)16-9-4-6-17(10(9)18)11-8(5-7-22-11)12(19)21-3;/h5,7,9H,4,6,15H2,1-3H3,(H,16,20);1H. The number of esters is 1. The van der Waals surface area contributed by atoms with Gasteiger partial charge in [-0.15, -0.1) is 23.7 Å². The zero-order chi connectivity index (χ0) is 16.5. The number of anilines is 1. The molecule has 0 aliphatic carbocycles. The smallest absolute Gasteiger partial charge is 0.340 e. The summed E-state index contributed by atoms with van der Waals surface area (Å²) in [6.07, 6.45) is 0.471. The molecule has 0 saturated carbocycles. The Kier molecular flexibility index (Phi) is 6.15. The maximum Gasteiger partial charge on any atom is 0.340 e. The number of halogens is 1. The van der Waals surface area contributed by atoms with Gasteiger partial charge in [0.25, 0.3) is 0 Å². The minimum Gasteiger partial charge on any atom is -0.465 e. The highest BCUT2D eigenvalue weighted by molar-refractivity contribution is 7.14. The van der Waals surface area contributed by atoms with E-state index in [1.54, 1.807) is 25.3 Å². The van der Waals surface area contributed by atoms with Crippen LogP contribution in [0.1, 0.15) is 30.6 Å². The van der Waals surface area contributed by atoms with Crippen LogP contribution in [-0.2, 0) is 14.3 Å². The number of nitrogens with zero attached hydrogens (tertiary/aromatic N) is 1. The molecule has 1 fully saturated rings. The van der Waals surface area contributed by atoms with Crippen LogP contribution in [-0.4, -0.2) is 43.0 Å². The average molecular weight is 362 g/mol. The van der Waals surface area contributed by atoms with Gasteiger partial charge in [0.2, 0.25) is 11.8 Å². The van der Waals surface area contributed by atoms with Crippen LogP contribution in [0.5, 0.6) is 0 Å². The molecule has 7 nitrogen and oxygen atoms in total. The predicted octanol–water partition coefficient (Wildman–Crippen LogP) is 0.915. The van der Waals surface area contributed by atoms with E-state index in [2.05, 4.69) is 5.32 Å². The fourth-order valence-electron chi connectivity index (χ4n) is 2.14. The van der Waals surface area contributed by atoms with Crippen LogP contribution >= 0.6 is 23.7 Å². The number of hydrogen-bond donors (Lipinski definition) is 2. The van der Waals surface area contributed by atoms with Crippen LogP contribution in [0.2, 0.25) is 0 Å². The third-order valence-corrected chi connectivity index (χ3v) is 4.33. The van der Waals surface area contributed by atoms with E-state index in [0.717, 1.165) is 0 Å². The maximum atomic E-state index is 12.5. The monoisotopic (exact) mass is 361 g/mol. The Hall–Kier alpha value is -1.64. The molecule has 2 amide bonds. The van der Waals surface area contributed by atoms with Crippen molar-refractivity contribution in [1.29, 1.82) is 0 Å². The van der Waals surface area contributed by atoms with Crippen molar-refractivity contribution >= 4 is 46.5 Å². The van der Waals surface area contributed by atoms with Crippen LogP contribution in [0.4, 0.5) is 5.00 Å². The molecule has 1 aliphatic rings. The van der Waals surface area contributed by atoms with Gasteiger partial charge in [0.05, 0.1) is 18.2 Å². The Bertz CT molecular complexity index is 611. The molecule has 1 aromatic heterocycles. The first-order valence-corrected chi connectivity index (χ1v) is 7.70. The molecule has 0 bridgehead atoms. The van der Waals surface area contributed by atoms with E-state index in [1.807, 2.05) is 0 Å². The lowest BCUT2D eigenvalue weighted by Gasteiger charge is -2.21. The fourth-order valence-corrected chi connectivity index (χ4v) is 3.06. The number of nitrogens with two attached hydrogens (primary N) is 1. The molecule has 1 aliphatic heterocycles. The molecule has 128 valence electrons. The minimum absolute atomic E-state index is 0. The molecule has 9 heteroatoms. The average Bonchev–Trinajstić information content (AvgIpc) is 3.04. The third kappa shape index (κ3) is 4.01. The highest BCUT2D eigenvalue weighted by Crippen LogP contribution is 2.31. The summed E-state index contributed by atoms with van der Waals surface area (Å²) in [6, 6.07) is 0.997. The molecule has 0 aromatic carbocycles. The number of rotatable bonds is 4. The highest BCUT2D eigenvalue weighted by atomic mass is 35.5. The molecule has 3 N–H and O–H groups in total. The van der Waals surface area contributed by atoms with Gasteiger partial charge < -0.3 is 20.7 Å². The van der Waals surface area contributed by atoms with Gasteiger partial charge >= 0.3 is 5.97 Å². The van der Waals surface area contributed by atoms with Crippen molar-refractivity contribution in [3.8, 4) is 0 Å². The Morgan fingerprint density at radius 1 is 1.48 bits per heavy atom. The minimum atomic E-state index is -1.05. The second kappa shape index (κ2) is 7.29. The van der Waals surface area contributed by atoms with Crippen molar-refractivity contribution < 1.29 is 19.1 Å². The number of methoxy groups -OCH3 is 1. The van der Waals surface area contributed by atoms with E-state index in [9.17, 15) is 14.4 Å². The van der Waals surface area contributed by atoms with Crippen molar-refractivity contribution in [2.75, 3.05) is 18.6 Å². The van der Waals surface area contributed by atoms with Gasteiger partial charge in [0.15, 0.2) is 0 Å². The molecule has 1 saturated heterocycles. The fraction of sp³-hybridized carbons (Fsp3) is 0.500. The van der Waals surface area contributed by atoms with Gasteiger partial charge in [-0.2, -0.15) is 0 Å². The van der Waals surface area contributed by atoms with Crippen LogP contribution in [0, 0.1) is 0 Å². The molecule has 23 heavy (non-hydrogen) atoms. The van der Waals surface area contributed by atoms with Crippen molar-refractivity contribution in [2.45, 2.75) is 31.8 Å². The van der Waals surface area contributed by atoms with Crippen LogP contribution in [0.3, 0.4) is 0 Å². The van der Waals surface area contributed by atoms with Crippen molar-refractivity contribution in [3.63, 3.8) is 0 Å². The molecule has 2 heterocycles.